The molecule has 0 aliphatic rings. The number of rotatable bonds is 8. The molecule has 10 heteroatoms. The van der Waals surface area contributed by atoms with Gasteiger partial charge in [0.1, 0.15) is 0 Å². The zero-order valence-electron chi connectivity index (χ0n) is 16.8. The Kier molecular flexibility index (Phi) is 6.81. The van der Waals surface area contributed by atoms with Crippen molar-refractivity contribution in [1.82, 2.24) is 9.78 Å². The monoisotopic (exact) mass is 430 g/mol. The summed E-state index contributed by atoms with van der Waals surface area (Å²) < 4.78 is 35.9. The van der Waals surface area contributed by atoms with E-state index in [1.54, 1.807) is 24.3 Å². The van der Waals surface area contributed by atoms with Crippen LogP contribution in [0.25, 0.3) is 0 Å². The average Bonchev–Trinajstić information content (AvgIpc) is 3.17. The lowest BCUT2D eigenvalue weighted by Gasteiger charge is -2.11. The van der Waals surface area contributed by atoms with E-state index in [-0.39, 0.29) is 28.4 Å². The highest BCUT2D eigenvalue weighted by Gasteiger charge is 2.20. The Bertz CT molecular complexity index is 1070. The summed E-state index contributed by atoms with van der Waals surface area (Å²) in [5.74, 6) is -1.30. The number of para-hydroxylation sites is 1. The first-order valence-corrected chi connectivity index (χ1v) is 9.29. The molecule has 1 heterocycles. The van der Waals surface area contributed by atoms with Gasteiger partial charge in [0.15, 0.2) is 17.2 Å². The maximum atomic E-state index is 12.7. The second-order valence-electron chi connectivity index (χ2n) is 6.27. The molecule has 0 aliphatic heterocycles. The second kappa shape index (κ2) is 9.70. The first-order valence-electron chi connectivity index (χ1n) is 9.29. The number of carbonyl (C=O) groups excluding carboxylic acids is 2. The minimum Gasteiger partial charge on any atom is -0.493 e. The first-order chi connectivity index (χ1) is 14.9. The summed E-state index contributed by atoms with van der Waals surface area (Å²) in [6.45, 7) is -0.710. The van der Waals surface area contributed by atoms with Crippen molar-refractivity contribution >= 4 is 23.2 Å². The van der Waals surface area contributed by atoms with Gasteiger partial charge in [-0.2, -0.15) is 13.9 Å². The van der Waals surface area contributed by atoms with E-state index >= 15 is 0 Å². The van der Waals surface area contributed by atoms with E-state index in [0.717, 1.165) is 0 Å². The largest absolute Gasteiger partial charge is 0.493 e. The van der Waals surface area contributed by atoms with E-state index in [1.807, 2.05) is 13.0 Å². The quantitative estimate of drug-likeness (QED) is 0.563. The third-order valence-electron chi connectivity index (χ3n) is 4.22. The highest BCUT2D eigenvalue weighted by Crippen LogP contribution is 2.30. The molecule has 0 atom stereocenters. The van der Waals surface area contributed by atoms with Gasteiger partial charge in [0.2, 0.25) is 0 Å². The molecule has 3 aromatic rings. The van der Waals surface area contributed by atoms with Crippen LogP contribution in [0.5, 0.6) is 11.5 Å². The van der Waals surface area contributed by atoms with E-state index in [0.29, 0.717) is 12.2 Å². The maximum Gasteiger partial charge on any atom is 0.387 e. The fourth-order valence-corrected chi connectivity index (χ4v) is 2.75. The normalized spacial score (nSPS) is 10.6. The smallest absolute Gasteiger partial charge is 0.387 e. The summed E-state index contributed by atoms with van der Waals surface area (Å²) in [5, 5.41) is 9.57. The highest BCUT2D eigenvalue weighted by atomic mass is 19.3. The zero-order chi connectivity index (χ0) is 22.4. The van der Waals surface area contributed by atoms with Crippen LogP contribution < -0.4 is 20.1 Å². The second-order valence-corrected chi connectivity index (χ2v) is 6.27. The number of hydrogen-bond donors (Lipinski definition) is 2. The van der Waals surface area contributed by atoms with Crippen molar-refractivity contribution in [3.63, 3.8) is 0 Å². The van der Waals surface area contributed by atoms with E-state index in [2.05, 4.69) is 20.5 Å². The van der Waals surface area contributed by atoms with Gasteiger partial charge in [-0.05, 0) is 37.3 Å². The molecule has 1 aromatic heterocycles. The van der Waals surface area contributed by atoms with Gasteiger partial charge in [-0.3, -0.25) is 14.3 Å². The number of carbonyl (C=O) groups is 2. The lowest BCUT2D eigenvalue weighted by Crippen LogP contribution is -2.18. The molecule has 0 unspecified atom stereocenters. The number of aryl methyl sites for hydroxylation is 1. The number of amides is 2. The Labute approximate surface area is 176 Å². The SMILES string of the molecule is CCn1cc(NC(=O)c2ccc(OC(F)F)c(OC)c2)c(C(=O)Nc2ccccc2)n1. The number of halogens is 2. The molecule has 2 amide bonds. The summed E-state index contributed by atoms with van der Waals surface area (Å²) in [6.07, 6.45) is 1.53. The molecule has 31 heavy (non-hydrogen) atoms. The summed E-state index contributed by atoms with van der Waals surface area (Å²) in [4.78, 5) is 25.4. The van der Waals surface area contributed by atoms with Crippen LogP contribution in [0.4, 0.5) is 20.2 Å². The number of methoxy groups -OCH3 is 1. The number of alkyl halides is 2. The van der Waals surface area contributed by atoms with Crippen molar-refractivity contribution in [2.45, 2.75) is 20.1 Å². The van der Waals surface area contributed by atoms with E-state index in [9.17, 15) is 18.4 Å². The van der Waals surface area contributed by atoms with Crippen LogP contribution >= 0.6 is 0 Å². The molecule has 0 radical (unpaired) electrons. The maximum absolute atomic E-state index is 12.7. The van der Waals surface area contributed by atoms with Crippen molar-refractivity contribution in [1.29, 1.82) is 0 Å². The van der Waals surface area contributed by atoms with Crippen LogP contribution in [0.3, 0.4) is 0 Å². The van der Waals surface area contributed by atoms with Crippen LogP contribution in [0, 0.1) is 0 Å². The number of nitrogens with zero attached hydrogens (tertiary/aromatic N) is 2. The van der Waals surface area contributed by atoms with Gasteiger partial charge in [0.05, 0.1) is 12.8 Å². The molecule has 0 aliphatic carbocycles. The fraction of sp³-hybridized carbons (Fsp3) is 0.190. The van der Waals surface area contributed by atoms with Crippen LogP contribution in [0.15, 0.2) is 54.7 Å². The zero-order valence-corrected chi connectivity index (χ0v) is 16.8. The summed E-state index contributed by atoms with van der Waals surface area (Å²) >= 11 is 0. The predicted molar refractivity (Wildman–Crippen MR) is 110 cm³/mol. The van der Waals surface area contributed by atoms with Gasteiger partial charge in [-0.1, -0.05) is 18.2 Å². The molecule has 2 aromatic carbocycles. The van der Waals surface area contributed by atoms with Gasteiger partial charge < -0.3 is 20.1 Å². The van der Waals surface area contributed by atoms with Crippen LogP contribution in [-0.2, 0) is 6.54 Å². The predicted octanol–water partition coefficient (Wildman–Crippen LogP) is 4.02. The van der Waals surface area contributed by atoms with E-state index in [4.69, 9.17) is 4.74 Å². The molecule has 2 N–H and O–H groups in total. The van der Waals surface area contributed by atoms with Crippen molar-refractivity contribution in [3.05, 3.63) is 66.0 Å². The topological polar surface area (TPSA) is 94.5 Å². The third kappa shape index (κ3) is 5.35. The Hall–Kier alpha value is -3.95. The van der Waals surface area contributed by atoms with Crippen LogP contribution in [-0.4, -0.2) is 35.3 Å². The number of anilines is 2. The number of nitrogens with one attached hydrogen (secondary N) is 2. The van der Waals surface area contributed by atoms with Gasteiger partial charge >= 0.3 is 6.61 Å². The summed E-state index contributed by atoms with van der Waals surface area (Å²) in [6, 6.07) is 12.6. The van der Waals surface area contributed by atoms with Gasteiger partial charge in [0.25, 0.3) is 11.8 Å². The molecule has 0 fully saturated rings. The molecule has 0 saturated carbocycles. The molecule has 0 spiro atoms. The lowest BCUT2D eigenvalue weighted by atomic mass is 10.2. The molecular formula is C21H20F2N4O4. The van der Waals surface area contributed by atoms with Crippen molar-refractivity contribution in [2.75, 3.05) is 17.7 Å². The minimum atomic E-state index is -3.03. The Morgan fingerprint density at radius 1 is 1.06 bits per heavy atom. The Morgan fingerprint density at radius 2 is 1.81 bits per heavy atom. The summed E-state index contributed by atoms with van der Waals surface area (Å²) in [5.41, 5.74) is 0.933. The molecule has 0 saturated heterocycles. The standard InChI is InChI=1S/C21H20F2N4O4/c1-3-27-12-15(18(26-27)20(29)24-14-7-5-4-6-8-14)25-19(28)13-9-10-16(31-21(22)23)17(11-13)30-2/h4-12,21H,3H2,1-2H3,(H,24,29)(H,25,28). The number of ether oxygens (including phenoxy) is 2. The molecular weight excluding hydrogens is 410 g/mol. The van der Waals surface area contributed by atoms with E-state index in [1.165, 1.54) is 36.2 Å². The number of hydrogen-bond acceptors (Lipinski definition) is 5. The average molecular weight is 430 g/mol. The highest BCUT2D eigenvalue weighted by molar-refractivity contribution is 6.11. The molecule has 162 valence electrons. The van der Waals surface area contributed by atoms with Crippen molar-refractivity contribution in [3.8, 4) is 11.5 Å². The molecule has 8 nitrogen and oxygen atoms in total. The number of aromatic nitrogens is 2. The van der Waals surface area contributed by atoms with Crippen molar-refractivity contribution in [2.24, 2.45) is 0 Å². The molecule has 3 rings (SSSR count). The van der Waals surface area contributed by atoms with Crippen LogP contribution in [0.1, 0.15) is 27.8 Å². The lowest BCUT2D eigenvalue weighted by molar-refractivity contribution is -0.0512. The minimum absolute atomic E-state index is 0.0285. The Balaban J connectivity index is 1.82. The van der Waals surface area contributed by atoms with Crippen LogP contribution in [0.2, 0.25) is 0 Å². The molecule has 0 bridgehead atoms. The Morgan fingerprint density at radius 3 is 2.45 bits per heavy atom. The number of benzene rings is 2. The van der Waals surface area contributed by atoms with E-state index < -0.39 is 18.4 Å². The van der Waals surface area contributed by atoms with Gasteiger partial charge in [0, 0.05) is 24.0 Å². The van der Waals surface area contributed by atoms with Crippen molar-refractivity contribution < 1.29 is 27.8 Å². The first kappa shape index (κ1) is 21.8. The van der Waals surface area contributed by atoms with Gasteiger partial charge in [-0.15, -0.1) is 0 Å². The summed E-state index contributed by atoms with van der Waals surface area (Å²) in [7, 11) is 1.27. The third-order valence-corrected chi connectivity index (χ3v) is 4.22. The fourth-order valence-electron chi connectivity index (χ4n) is 2.75. The van der Waals surface area contributed by atoms with Gasteiger partial charge in [-0.25, -0.2) is 0 Å².